The van der Waals surface area contributed by atoms with E-state index in [0.29, 0.717) is 19.1 Å². The number of carbonyl (C=O) groups excluding carboxylic acids is 1. The number of amides is 2. The van der Waals surface area contributed by atoms with Crippen molar-refractivity contribution >= 4 is 6.03 Å². The second-order valence-corrected chi connectivity index (χ2v) is 8.17. The van der Waals surface area contributed by atoms with Crippen molar-refractivity contribution in [3.05, 3.63) is 0 Å². The lowest BCUT2D eigenvalue weighted by Crippen LogP contribution is -2.50. The Morgan fingerprint density at radius 3 is 2.50 bits per heavy atom. The van der Waals surface area contributed by atoms with Crippen LogP contribution in [0.4, 0.5) is 4.79 Å². The topological polar surface area (TPSA) is 59.4 Å². The Morgan fingerprint density at radius 2 is 1.83 bits per heavy atom. The van der Waals surface area contributed by atoms with Gasteiger partial charge in [0, 0.05) is 31.7 Å². The molecule has 2 heterocycles. The molecule has 3 aliphatic rings. The first-order valence-corrected chi connectivity index (χ1v) is 9.81. The van der Waals surface area contributed by atoms with Gasteiger partial charge in [-0.1, -0.05) is 19.3 Å². The van der Waals surface area contributed by atoms with Crippen molar-refractivity contribution in [2.75, 3.05) is 26.2 Å². The standard InChI is InChI=1S/C19H32N4O/c1-19(15-20)9-12-22(13-10-19)18(24)21-14-17-8-5-11-23(17)16-6-3-2-4-7-16/h16-17H,2-14H2,1H3,(H,21,24). The van der Waals surface area contributed by atoms with Crippen molar-refractivity contribution in [2.45, 2.75) is 76.8 Å². The molecule has 5 heteroatoms. The number of piperidine rings is 1. The minimum absolute atomic E-state index is 0.0606. The summed E-state index contributed by atoms with van der Waals surface area (Å²) in [4.78, 5) is 17.0. The molecular weight excluding hydrogens is 300 g/mol. The summed E-state index contributed by atoms with van der Waals surface area (Å²) in [6.45, 7) is 5.39. The van der Waals surface area contributed by atoms with E-state index in [9.17, 15) is 10.1 Å². The van der Waals surface area contributed by atoms with Crippen LogP contribution in [0.25, 0.3) is 0 Å². The maximum atomic E-state index is 12.5. The van der Waals surface area contributed by atoms with E-state index in [4.69, 9.17) is 0 Å². The summed E-state index contributed by atoms with van der Waals surface area (Å²) in [6.07, 6.45) is 10.8. The van der Waals surface area contributed by atoms with Crippen LogP contribution in [0.1, 0.15) is 64.7 Å². The van der Waals surface area contributed by atoms with Gasteiger partial charge in [-0.25, -0.2) is 4.79 Å². The summed E-state index contributed by atoms with van der Waals surface area (Å²) in [7, 11) is 0. The number of rotatable bonds is 3. The molecule has 5 nitrogen and oxygen atoms in total. The van der Waals surface area contributed by atoms with Gasteiger partial charge in [-0.05, 0) is 52.0 Å². The zero-order chi connectivity index (χ0) is 17.0. The first-order chi connectivity index (χ1) is 11.6. The maximum Gasteiger partial charge on any atom is 0.317 e. The van der Waals surface area contributed by atoms with Crippen molar-refractivity contribution in [1.29, 1.82) is 5.26 Å². The minimum atomic E-state index is -0.250. The van der Waals surface area contributed by atoms with Crippen molar-refractivity contribution < 1.29 is 4.79 Å². The number of hydrogen-bond acceptors (Lipinski definition) is 3. The molecule has 2 saturated heterocycles. The van der Waals surface area contributed by atoms with Crippen LogP contribution in [-0.4, -0.2) is 54.1 Å². The van der Waals surface area contributed by atoms with E-state index in [0.717, 1.165) is 25.4 Å². The van der Waals surface area contributed by atoms with E-state index >= 15 is 0 Å². The summed E-state index contributed by atoms with van der Waals surface area (Å²) >= 11 is 0. The molecule has 3 fully saturated rings. The highest BCUT2D eigenvalue weighted by Gasteiger charge is 2.34. The molecule has 0 radical (unpaired) electrons. The Labute approximate surface area is 146 Å². The van der Waals surface area contributed by atoms with Crippen molar-refractivity contribution in [3.63, 3.8) is 0 Å². The molecule has 0 bridgehead atoms. The largest absolute Gasteiger partial charge is 0.336 e. The molecule has 134 valence electrons. The summed E-state index contributed by atoms with van der Waals surface area (Å²) in [5, 5.41) is 12.4. The van der Waals surface area contributed by atoms with Gasteiger partial charge >= 0.3 is 6.03 Å². The van der Waals surface area contributed by atoms with E-state index < -0.39 is 0 Å². The van der Waals surface area contributed by atoms with E-state index in [-0.39, 0.29) is 11.4 Å². The molecule has 3 rings (SSSR count). The first kappa shape index (κ1) is 17.5. The molecule has 1 unspecified atom stereocenters. The average Bonchev–Trinajstić information content (AvgIpc) is 3.09. The molecule has 1 aliphatic carbocycles. The third kappa shape index (κ3) is 4.03. The summed E-state index contributed by atoms with van der Waals surface area (Å²) < 4.78 is 0. The summed E-state index contributed by atoms with van der Waals surface area (Å²) in [5.74, 6) is 0. The quantitative estimate of drug-likeness (QED) is 0.864. The number of nitrogens with zero attached hydrogens (tertiary/aromatic N) is 3. The predicted molar refractivity (Wildman–Crippen MR) is 94.5 cm³/mol. The molecule has 0 aromatic carbocycles. The van der Waals surface area contributed by atoms with Gasteiger partial charge in [0.15, 0.2) is 0 Å². The van der Waals surface area contributed by atoms with E-state index in [1.54, 1.807) is 0 Å². The van der Waals surface area contributed by atoms with Crippen LogP contribution in [0.15, 0.2) is 0 Å². The maximum absolute atomic E-state index is 12.5. The molecule has 0 spiro atoms. The fourth-order valence-corrected chi connectivity index (χ4v) is 4.60. The van der Waals surface area contributed by atoms with Crippen LogP contribution in [0.3, 0.4) is 0 Å². The Balaban J connectivity index is 1.45. The van der Waals surface area contributed by atoms with Crippen LogP contribution in [-0.2, 0) is 0 Å². The number of nitrogens with one attached hydrogen (secondary N) is 1. The van der Waals surface area contributed by atoms with Gasteiger partial charge in [0.2, 0.25) is 0 Å². The molecule has 24 heavy (non-hydrogen) atoms. The number of hydrogen-bond donors (Lipinski definition) is 1. The second-order valence-electron chi connectivity index (χ2n) is 8.17. The molecule has 2 amide bonds. The van der Waals surface area contributed by atoms with Gasteiger partial charge in [0.1, 0.15) is 0 Å². The summed E-state index contributed by atoms with van der Waals surface area (Å²) in [6, 6.07) is 3.72. The first-order valence-electron chi connectivity index (χ1n) is 9.81. The summed E-state index contributed by atoms with van der Waals surface area (Å²) in [5.41, 5.74) is -0.250. The fourth-order valence-electron chi connectivity index (χ4n) is 4.60. The smallest absolute Gasteiger partial charge is 0.317 e. The molecular formula is C19H32N4O. The monoisotopic (exact) mass is 332 g/mol. The Bertz CT molecular complexity index is 472. The number of nitriles is 1. The third-order valence-electron chi connectivity index (χ3n) is 6.38. The molecule has 1 atom stereocenters. The minimum Gasteiger partial charge on any atom is -0.336 e. The van der Waals surface area contributed by atoms with E-state index in [1.165, 1.54) is 51.5 Å². The molecule has 1 saturated carbocycles. The van der Waals surface area contributed by atoms with E-state index in [2.05, 4.69) is 16.3 Å². The van der Waals surface area contributed by atoms with Gasteiger partial charge in [0.05, 0.1) is 11.5 Å². The molecule has 0 aromatic rings. The van der Waals surface area contributed by atoms with Gasteiger partial charge in [0.25, 0.3) is 0 Å². The average molecular weight is 332 g/mol. The van der Waals surface area contributed by atoms with Crippen LogP contribution in [0.2, 0.25) is 0 Å². The highest BCUT2D eigenvalue weighted by atomic mass is 16.2. The van der Waals surface area contributed by atoms with Gasteiger partial charge in [-0.3, -0.25) is 4.90 Å². The van der Waals surface area contributed by atoms with Crippen LogP contribution >= 0.6 is 0 Å². The number of urea groups is 1. The molecule has 1 N–H and O–H groups in total. The zero-order valence-electron chi connectivity index (χ0n) is 15.1. The second kappa shape index (κ2) is 7.74. The molecule has 0 aromatic heterocycles. The zero-order valence-corrected chi connectivity index (χ0v) is 15.1. The van der Waals surface area contributed by atoms with Crippen LogP contribution in [0, 0.1) is 16.7 Å². The predicted octanol–water partition coefficient (Wildman–Crippen LogP) is 3.12. The van der Waals surface area contributed by atoms with Gasteiger partial charge in [-0.15, -0.1) is 0 Å². The Morgan fingerprint density at radius 1 is 1.12 bits per heavy atom. The van der Waals surface area contributed by atoms with Crippen LogP contribution in [0.5, 0.6) is 0 Å². The van der Waals surface area contributed by atoms with Crippen molar-refractivity contribution in [3.8, 4) is 6.07 Å². The SMILES string of the molecule is CC1(C#N)CCN(C(=O)NCC2CCCN2C2CCCCC2)CC1. The Kier molecular flexibility index (Phi) is 5.65. The Hall–Kier alpha value is -1.28. The van der Waals surface area contributed by atoms with E-state index in [1.807, 2.05) is 11.8 Å². The highest BCUT2D eigenvalue weighted by Crippen LogP contribution is 2.30. The fraction of sp³-hybridized carbons (Fsp3) is 0.895. The van der Waals surface area contributed by atoms with Crippen molar-refractivity contribution in [1.82, 2.24) is 15.1 Å². The number of carbonyl (C=O) groups is 1. The number of likely N-dealkylation sites (tertiary alicyclic amines) is 2. The lowest BCUT2D eigenvalue weighted by molar-refractivity contribution is 0.132. The van der Waals surface area contributed by atoms with Gasteiger partial charge in [-0.2, -0.15) is 5.26 Å². The van der Waals surface area contributed by atoms with Gasteiger partial charge < -0.3 is 10.2 Å². The van der Waals surface area contributed by atoms with Crippen molar-refractivity contribution in [2.24, 2.45) is 5.41 Å². The molecule has 2 aliphatic heterocycles. The normalized spacial score (nSPS) is 28.5. The third-order valence-corrected chi connectivity index (χ3v) is 6.38. The lowest BCUT2D eigenvalue weighted by atomic mass is 9.82. The van der Waals surface area contributed by atoms with Crippen LogP contribution < -0.4 is 5.32 Å². The highest BCUT2D eigenvalue weighted by molar-refractivity contribution is 5.74. The lowest BCUT2D eigenvalue weighted by Gasteiger charge is -2.37.